The fourth-order valence-electron chi connectivity index (χ4n) is 2.05. The number of benzene rings is 2. The highest BCUT2D eigenvalue weighted by molar-refractivity contribution is 6.12. The molecule has 0 aliphatic carbocycles. The number of rotatable bonds is 5. The van der Waals surface area contributed by atoms with E-state index >= 15 is 0 Å². The number of hydrogen-bond donors (Lipinski definition) is 4. The minimum absolute atomic E-state index is 0.0759. The summed E-state index contributed by atoms with van der Waals surface area (Å²) in [5, 5.41) is 19.6. The highest BCUT2D eigenvalue weighted by Gasteiger charge is 2.20. The highest BCUT2D eigenvalue weighted by Crippen LogP contribution is 2.23. The molecule has 0 aromatic heterocycles. The lowest BCUT2D eigenvalue weighted by atomic mass is 9.96. The van der Waals surface area contributed by atoms with Gasteiger partial charge in [0.2, 0.25) is 0 Å². The summed E-state index contributed by atoms with van der Waals surface area (Å²) >= 11 is 0. The molecule has 0 aliphatic heterocycles. The lowest BCUT2D eigenvalue weighted by Gasteiger charge is -2.17. The van der Waals surface area contributed by atoms with Gasteiger partial charge in [0, 0.05) is 23.4 Å². The summed E-state index contributed by atoms with van der Waals surface area (Å²) in [6, 6.07) is 13.3. The summed E-state index contributed by atoms with van der Waals surface area (Å²) in [6.07, 6.45) is -2.24. The molecule has 5 heteroatoms. The van der Waals surface area contributed by atoms with Crippen LogP contribution < -0.4 is 11.5 Å². The average Bonchev–Trinajstić information content (AvgIpc) is 2.54. The Bertz CT molecular complexity index is 629. The van der Waals surface area contributed by atoms with Gasteiger partial charge in [-0.3, -0.25) is 4.79 Å². The van der Waals surface area contributed by atoms with E-state index in [-0.39, 0.29) is 12.3 Å². The smallest absolute Gasteiger partial charge is 0.195 e. The minimum Gasteiger partial charge on any atom is -0.398 e. The number of nitrogens with two attached hydrogens (primary N) is 2. The van der Waals surface area contributed by atoms with Crippen molar-refractivity contribution in [2.75, 3.05) is 12.3 Å². The Morgan fingerprint density at radius 2 is 1.76 bits per heavy atom. The van der Waals surface area contributed by atoms with Crippen LogP contribution in [0.3, 0.4) is 0 Å². The molecule has 0 fully saturated rings. The lowest BCUT2D eigenvalue weighted by molar-refractivity contribution is 0.0243. The number of ketones is 1. The molecule has 21 heavy (non-hydrogen) atoms. The van der Waals surface area contributed by atoms with Crippen LogP contribution in [0.15, 0.2) is 48.5 Å². The predicted molar refractivity (Wildman–Crippen MR) is 80.7 cm³/mol. The van der Waals surface area contributed by atoms with Gasteiger partial charge in [-0.25, -0.2) is 0 Å². The van der Waals surface area contributed by atoms with Crippen molar-refractivity contribution < 1.29 is 15.0 Å². The second kappa shape index (κ2) is 6.49. The van der Waals surface area contributed by atoms with E-state index in [4.69, 9.17) is 11.5 Å². The lowest BCUT2D eigenvalue weighted by Crippen LogP contribution is -2.27. The molecule has 0 amide bonds. The van der Waals surface area contributed by atoms with E-state index in [0.717, 1.165) is 0 Å². The molecule has 0 saturated carbocycles. The Morgan fingerprint density at radius 3 is 2.38 bits per heavy atom. The third-order valence-corrected chi connectivity index (χ3v) is 3.31. The summed E-state index contributed by atoms with van der Waals surface area (Å²) < 4.78 is 0. The molecule has 2 aromatic rings. The zero-order valence-corrected chi connectivity index (χ0v) is 11.4. The molecule has 6 N–H and O–H groups in total. The molecular formula is C16H18N2O3. The summed E-state index contributed by atoms with van der Waals surface area (Å²) in [4.78, 5) is 12.4. The van der Waals surface area contributed by atoms with Gasteiger partial charge in [-0.05, 0) is 17.7 Å². The number of aliphatic hydroxyl groups is 2. The van der Waals surface area contributed by atoms with E-state index in [1.54, 1.807) is 30.3 Å². The second-order valence-corrected chi connectivity index (χ2v) is 4.79. The normalized spacial score (nSPS) is 13.7. The molecule has 2 atom stereocenters. The van der Waals surface area contributed by atoms with Crippen molar-refractivity contribution in [3.05, 3.63) is 65.2 Å². The van der Waals surface area contributed by atoms with Crippen molar-refractivity contribution in [3.63, 3.8) is 0 Å². The molecule has 0 radical (unpaired) electrons. The molecule has 0 spiro atoms. The largest absolute Gasteiger partial charge is 0.398 e. The summed E-state index contributed by atoms with van der Waals surface area (Å²) in [5.74, 6) is -0.232. The number of aliphatic hydroxyl groups excluding tert-OH is 2. The molecular weight excluding hydrogens is 268 g/mol. The van der Waals surface area contributed by atoms with Gasteiger partial charge in [0.15, 0.2) is 5.78 Å². The zero-order chi connectivity index (χ0) is 15.4. The average molecular weight is 286 g/mol. The van der Waals surface area contributed by atoms with Crippen LogP contribution in [-0.4, -0.2) is 28.6 Å². The van der Waals surface area contributed by atoms with Crippen LogP contribution in [0.1, 0.15) is 27.6 Å². The van der Waals surface area contributed by atoms with Gasteiger partial charge in [0.25, 0.3) is 0 Å². The van der Waals surface area contributed by atoms with Crippen LogP contribution in [0.2, 0.25) is 0 Å². The summed E-state index contributed by atoms with van der Waals surface area (Å²) in [6.45, 7) is -0.0759. The summed E-state index contributed by atoms with van der Waals surface area (Å²) in [5.41, 5.74) is 12.7. The van der Waals surface area contributed by atoms with Crippen LogP contribution in [0, 0.1) is 0 Å². The van der Waals surface area contributed by atoms with Crippen molar-refractivity contribution >= 4 is 11.5 Å². The maximum atomic E-state index is 12.4. The minimum atomic E-state index is -1.15. The molecule has 0 bridgehead atoms. The van der Waals surface area contributed by atoms with Crippen LogP contribution >= 0.6 is 0 Å². The van der Waals surface area contributed by atoms with Crippen molar-refractivity contribution in [2.24, 2.45) is 5.73 Å². The van der Waals surface area contributed by atoms with Gasteiger partial charge in [-0.2, -0.15) is 0 Å². The van der Waals surface area contributed by atoms with Gasteiger partial charge in [-0.1, -0.05) is 36.4 Å². The first kappa shape index (κ1) is 15.2. The fourth-order valence-corrected chi connectivity index (χ4v) is 2.05. The van der Waals surface area contributed by atoms with Gasteiger partial charge >= 0.3 is 0 Å². The molecule has 2 rings (SSSR count). The van der Waals surface area contributed by atoms with E-state index in [9.17, 15) is 15.0 Å². The molecule has 2 aromatic carbocycles. The predicted octanol–water partition coefficient (Wildman–Crippen LogP) is 0.853. The second-order valence-electron chi connectivity index (χ2n) is 4.79. The summed E-state index contributed by atoms with van der Waals surface area (Å²) in [7, 11) is 0. The van der Waals surface area contributed by atoms with Gasteiger partial charge in [0.05, 0.1) is 6.10 Å². The molecule has 110 valence electrons. The van der Waals surface area contributed by atoms with Crippen LogP contribution in [0.5, 0.6) is 0 Å². The zero-order valence-electron chi connectivity index (χ0n) is 11.4. The third kappa shape index (κ3) is 3.28. The van der Waals surface area contributed by atoms with E-state index < -0.39 is 12.2 Å². The molecule has 2 unspecified atom stereocenters. The molecule has 0 saturated heterocycles. The van der Waals surface area contributed by atoms with E-state index in [1.165, 1.54) is 12.1 Å². The van der Waals surface area contributed by atoms with Crippen molar-refractivity contribution in [1.82, 2.24) is 0 Å². The quantitative estimate of drug-likeness (QED) is 0.481. The van der Waals surface area contributed by atoms with E-state index in [0.29, 0.717) is 22.4 Å². The molecule has 0 heterocycles. The van der Waals surface area contributed by atoms with Crippen molar-refractivity contribution in [1.29, 1.82) is 0 Å². The number of hydrogen-bond acceptors (Lipinski definition) is 5. The van der Waals surface area contributed by atoms with Crippen molar-refractivity contribution in [2.45, 2.75) is 12.2 Å². The monoisotopic (exact) mass is 286 g/mol. The van der Waals surface area contributed by atoms with Gasteiger partial charge < -0.3 is 21.7 Å². The topological polar surface area (TPSA) is 110 Å². The Morgan fingerprint density at radius 1 is 1.10 bits per heavy atom. The standard InChI is InChI=1S/C16H18N2O3/c17-9-14(19)16(21)11-6-7-13(18)12(8-11)15(20)10-4-2-1-3-5-10/h1-8,14,16,19,21H,9,17-18H2. The van der Waals surface area contributed by atoms with Crippen LogP contribution in [0.4, 0.5) is 5.69 Å². The first-order valence-corrected chi connectivity index (χ1v) is 6.60. The number of nitrogen functional groups attached to an aromatic ring is 1. The van der Waals surface area contributed by atoms with Gasteiger partial charge in [-0.15, -0.1) is 0 Å². The fraction of sp³-hybridized carbons (Fsp3) is 0.188. The van der Waals surface area contributed by atoms with Crippen LogP contribution in [0.25, 0.3) is 0 Å². The number of carbonyl (C=O) groups excluding carboxylic acids is 1. The number of anilines is 1. The first-order chi connectivity index (χ1) is 10.0. The Labute approximate surface area is 122 Å². The Hall–Kier alpha value is -2.21. The highest BCUT2D eigenvalue weighted by atomic mass is 16.3. The third-order valence-electron chi connectivity index (χ3n) is 3.31. The SMILES string of the molecule is NCC(O)C(O)c1ccc(N)c(C(=O)c2ccccc2)c1. The van der Waals surface area contributed by atoms with Gasteiger partial charge in [0.1, 0.15) is 6.10 Å². The Kier molecular flexibility index (Phi) is 4.70. The number of carbonyl (C=O) groups is 1. The molecule has 5 nitrogen and oxygen atoms in total. The van der Waals surface area contributed by atoms with E-state index in [2.05, 4.69) is 0 Å². The van der Waals surface area contributed by atoms with Crippen molar-refractivity contribution in [3.8, 4) is 0 Å². The Balaban J connectivity index is 2.38. The maximum Gasteiger partial charge on any atom is 0.195 e. The molecule has 0 aliphatic rings. The maximum absolute atomic E-state index is 12.4. The van der Waals surface area contributed by atoms with Crippen LogP contribution in [-0.2, 0) is 0 Å². The van der Waals surface area contributed by atoms with E-state index in [1.807, 2.05) is 6.07 Å². The first-order valence-electron chi connectivity index (χ1n) is 6.60.